The number of carbonyl (C=O) groups excluding carboxylic acids is 2. The number of nitrogens with zero attached hydrogens (tertiary/aromatic N) is 1. The molecule has 2 rings (SSSR count). The number of rotatable bonds is 3. The molecule has 1 heterocycles. The van der Waals surface area contributed by atoms with Crippen molar-refractivity contribution in [3.8, 4) is 0 Å². The molecule has 0 spiro atoms. The molecule has 0 saturated heterocycles. The molecule has 0 aliphatic heterocycles. The van der Waals surface area contributed by atoms with E-state index in [4.69, 9.17) is 4.52 Å². The van der Waals surface area contributed by atoms with E-state index in [0.717, 1.165) is 5.75 Å². The second-order valence-corrected chi connectivity index (χ2v) is 5.04. The van der Waals surface area contributed by atoms with Crippen molar-refractivity contribution >= 4 is 23.3 Å². The number of allylic oxidation sites excluding steroid dienone is 2. The van der Waals surface area contributed by atoms with Gasteiger partial charge in [0.2, 0.25) is 17.3 Å². The molecule has 0 aromatic carbocycles. The standard InChI is InChI=1S/C11H11NO3S/c1-6(2)5-16-9-3-8(13)11-7(10(9)14)4-12-15-11/h3-4,6H,5H2,1-2H3. The lowest BCUT2D eigenvalue weighted by Crippen LogP contribution is -2.13. The summed E-state index contributed by atoms with van der Waals surface area (Å²) in [4.78, 5) is 23.9. The number of ketones is 2. The first kappa shape index (κ1) is 11.1. The molecule has 84 valence electrons. The fraction of sp³-hybridized carbons (Fsp3) is 0.364. The van der Waals surface area contributed by atoms with E-state index in [2.05, 4.69) is 19.0 Å². The summed E-state index contributed by atoms with van der Waals surface area (Å²) in [5, 5.41) is 3.48. The molecule has 0 radical (unpaired) electrons. The third kappa shape index (κ3) is 1.95. The van der Waals surface area contributed by atoms with Gasteiger partial charge in [-0.3, -0.25) is 9.59 Å². The number of aromatic nitrogens is 1. The van der Waals surface area contributed by atoms with E-state index in [9.17, 15) is 9.59 Å². The second-order valence-electron chi connectivity index (χ2n) is 3.98. The van der Waals surface area contributed by atoms with E-state index >= 15 is 0 Å². The van der Waals surface area contributed by atoms with Crippen LogP contribution in [-0.4, -0.2) is 22.5 Å². The van der Waals surface area contributed by atoms with Crippen LogP contribution in [-0.2, 0) is 0 Å². The zero-order valence-electron chi connectivity index (χ0n) is 9.02. The van der Waals surface area contributed by atoms with Crippen LogP contribution in [0.2, 0.25) is 0 Å². The number of carbonyl (C=O) groups is 2. The summed E-state index contributed by atoms with van der Waals surface area (Å²) in [5.74, 6) is 0.891. The Hall–Kier alpha value is -1.36. The fourth-order valence-electron chi connectivity index (χ4n) is 1.33. The molecule has 5 heteroatoms. The van der Waals surface area contributed by atoms with Crippen LogP contribution in [0.15, 0.2) is 21.7 Å². The smallest absolute Gasteiger partial charge is 0.225 e. The minimum absolute atomic E-state index is 0.0545. The van der Waals surface area contributed by atoms with E-state index in [1.54, 1.807) is 0 Å². The van der Waals surface area contributed by atoms with Crippen LogP contribution in [0.5, 0.6) is 0 Å². The molecule has 1 aromatic heterocycles. The summed E-state index contributed by atoms with van der Waals surface area (Å²) in [7, 11) is 0. The van der Waals surface area contributed by atoms with Crippen molar-refractivity contribution in [3.05, 3.63) is 28.5 Å². The molecule has 0 fully saturated rings. The molecule has 0 unspecified atom stereocenters. The van der Waals surface area contributed by atoms with Crippen LogP contribution in [0.3, 0.4) is 0 Å². The van der Waals surface area contributed by atoms with Crippen molar-refractivity contribution in [3.63, 3.8) is 0 Å². The van der Waals surface area contributed by atoms with Crippen LogP contribution in [0.1, 0.15) is 34.8 Å². The van der Waals surface area contributed by atoms with E-state index < -0.39 is 0 Å². The fourth-order valence-corrected chi connectivity index (χ4v) is 2.27. The molecular formula is C11H11NO3S. The average Bonchev–Trinajstić information content (AvgIpc) is 2.70. The van der Waals surface area contributed by atoms with Crippen molar-refractivity contribution in [2.45, 2.75) is 13.8 Å². The van der Waals surface area contributed by atoms with E-state index in [1.807, 2.05) is 0 Å². The first-order chi connectivity index (χ1) is 7.59. The highest BCUT2D eigenvalue weighted by molar-refractivity contribution is 8.04. The second kappa shape index (κ2) is 4.25. The van der Waals surface area contributed by atoms with Gasteiger partial charge >= 0.3 is 0 Å². The number of thioether (sulfide) groups is 1. The molecule has 0 atom stereocenters. The number of hydrogen-bond acceptors (Lipinski definition) is 5. The van der Waals surface area contributed by atoms with E-state index in [0.29, 0.717) is 10.8 Å². The summed E-state index contributed by atoms with van der Waals surface area (Å²) in [6.07, 6.45) is 2.64. The molecular weight excluding hydrogens is 226 g/mol. The summed E-state index contributed by atoms with van der Waals surface area (Å²) < 4.78 is 4.74. The topological polar surface area (TPSA) is 60.2 Å². The van der Waals surface area contributed by atoms with Gasteiger partial charge in [0.25, 0.3) is 0 Å². The minimum atomic E-state index is -0.279. The zero-order chi connectivity index (χ0) is 11.7. The Morgan fingerprint density at radius 1 is 1.44 bits per heavy atom. The maximum Gasteiger partial charge on any atom is 0.225 e. The molecule has 1 aromatic rings. The van der Waals surface area contributed by atoms with Gasteiger partial charge in [0.15, 0.2) is 0 Å². The maximum atomic E-state index is 11.9. The van der Waals surface area contributed by atoms with Crippen LogP contribution in [0.25, 0.3) is 0 Å². The lowest BCUT2D eigenvalue weighted by atomic mass is 10.0. The van der Waals surface area contributed by atoms with E-state index in [-0.39, 0.29) is 22.9 Å². The molecule has 0 saturated carbocycles. The largest absolute Gasteiger partial charge is 0.352 e. The Morgan fingerprint density at radius 2 is 2.19 bits per heavy atom. The monoisotopic (exact) mass is 237 g/mol. The van der Waals surface area contributed by atoms with Crippen molar-refractivity contribution in [1.82, 2.24) is 5.16 Å². The quantitative estimate of drug-likeness (QED) is 0.807. The Morgan fingerprint density at radius 3 is 2.88 bits per heavy atom. The Kier molecular flexibility index (Phi) is 2.96. The highest BCUT2D eigenvalue weighted by Gasteiger charge is 2.29. The van der Waals surface area contributed by atoms with Crippen LogP contribution in [0, 0.1) is 5.92 Å². The highest BCUT2D eigenvalue weighted by Crippen LogP contribution is 2.29. The SMILES string of the molecule is CC(C)CSC1=CC(=O)c2oncc2C1=O. The number of fused-ring (bicyclic) bond motifs is 1. The van der Waals surface area contributed by atoms with Gasteiger partial charge in [0.05, 0.1) is 16.7 Å². The Balaban J connectivity index is 2.23. The van der Waals surface area contributed by atoms with Gasteiger partial charge < -0.3 is 4.52 Å². The van der Waals surface area contributed by atoms with Gasteiger partial charge in [-0.1, -0.05) is 19.0 Å². The lowest BCUT2D eigenvalue weighted by Gasteiger charge is -2.10. The normalized spacial score (nSPS) is 15.3. The van der Waals surface area contributed by atoms with Gasteiger partial charge in [-0.05, 0) is 5.92 Å². The van der Waals surface area contributed by atoms with E-state index in [1.165, 1.54) is 24.0 Å². The number of hydrogen-bond donors (Lipinski definition) is 0. The number of Topliss-reactive ketones (excluding diaryl/α,β-unsaturated/α-hetero) is 1. The van der Waals surface area contributed by atoms with Gasteiger partial charge in [0, 0.05) is 11.8 Å². The Labute approximate surface area is 97.1 Å². The molecule has 1 aliphatic rings. The van der Waals surface area contributed by atoms with Crippen molar-refractivity contribution < 1.29 is 14.1 Å². The highest BCUT2D eigenvalue weighted by atomic mass is 32.2. The first-order valence-corrected chi connectivity index (χ1v) is 5.96. The summed E-state index contributed by atoms with van der Waals surface area (Å²) in [5.41, 5.74) is 0.277. The molecule has 16 heavy (non-hydrogen) atoms. The Bertz CT molecular complexity index is 473. The average molecular weight is 237 g/mol. The van der Waals surface area contributed by atoms with Crippen LogP contribution < -0.4 is 0 Å². The summed E-state index contributed by atoms with van der Waals surface area (Å²) in [6, 6.07) is 0. The van der Waals surface area contributed by atoms with Crippen molar-refractivity contribution in [2.24, 2.45) is 5.92 Å². The molecule has 1 aliphatic carbocycles. The summed E-state index contributed by atoms with van der Waals surface area (Å²) in [6.45, 7) is 4.13. The van der Waals surface area contributed by atoms with Gasteiger partial charge in [-0.15, -0.1) is 11.8 Å². The van der Waals surface area contributed by atoms with Crippen LogP contribution in [0.4, 0.5) is 0 Å². The first-order valence-electron chi connectivity index (χ1n) is 4.97. The molecule has 4 nitrogen and oxygen atoms in total. The molecule has 0 bridgehead atoms. The van der Waals surface area contributed by atoms with Gasteiger partial charge in [0.1, 0.15) is 0 Å². The van der Waals surface area contributed by atoms with Crippen molar-refractivity contribution in [2.75, 3.05) is 5.75 Å². The molecule has 0 amide bonds. The van der Waals surface area contributed by atoms with Gasteiger partial charge in [-0.25, -0.2) is 0 Å². The zero-order valence-corrected chi connectivity index (χ0v) is 9.84. The van der Waals surface area contributed by atoms with Crippen LogP contribution >= 0.6 is 11.8 Å². The predicted octanol–water partition coefficient (Wildman–Crippen LogP) is 2.33. The maximum absolute atomic E-state index is 11.9. The minimum Gasteiger partial charge on any atom is -0.352 e. The third-order valence-electron chi connectivity index (χ3n) is 2.10. The predicted molar refractivity (Wildman–Crippen MR) is 60.5 cm³/mol. The third-order valence-corrected chi connectivity index (χ3v) is 3.54. The van der Waals surface area contributed by atoms with Gasteiger partial charge in [-0.2, -0.15) is 0 Å². The van der Waals surface area contributed by atoms with Crippen molar-refractivity contribution in [1.29, 1.82) is 0 Å². The molecule has 0 N–H and O–H groups in total. The summed E-state index contributed by atoms with van der Waals surface area (Å²) >= 11 is 1.41. The lowest BCUT2D eigenvalue weighted by molar-refractivity contribution is 0.0967.